The molecule has 2 heterocycles. The molecule has 2 amide bonds. The van der Waals surface area contributed by atoms with Gasteiger partial charge in [0.2, 0.25) is 5.91 Å². The van der Waals surface area contributed by atoms with E-state index < -0.39 is 0 Å². The summed E-state index contributed by atoms with van der Waals surface area (Å²) in [5.41, 5.74) is 1.89. The van der Waals surface area contributed by atoms with Crippen molar-refractivity contribution in [3.05, 3.63) is 52.6 Å². The summed E-state index contributed by atoms with van der Waals surface area (Å²) < 4.78 is 19.6. The standard InChI is InChI=1S/C21H24ClFN4O3/c1-3-30-21(29)26-12-10-16(11-13-26)24-19(28)9-8-18-14(2)25-27(20(18)22)17-6-4-15(23)5-7-17/h4-9,16H,3,10-13H2,1-2H3,(H,24,28)/b9-8+. The molecule has 0 saturated carbocycles. The third-order valence-electron chi connectivity index (χ3n) is 4.89. The molecule has 0 atom stereocenters. The molecule has 2 aromatic rings. The van der Waals surface area contributed by atoms with Crippen LogP contribution in [-0.2, 0) is 9.53 Å². The first kappa shape index (κ1) is 21.8. The first-order chi connectivity index (χ1) is 14.4. The minimum absolute atomic E-state index is 0.00802. The number of likely N-dealkylation sites (tertiary alicyclic amines) is 1. The smallest absolute Gasteiger partial charge is 0.409 e. The quantitative estimate of drug-likeness (QED) is 0.727. The molecule has 0 unspecified atom stereocenters. The zero-order valence-corrected chi connectivity index (χ0v) is 17.7. The van der Waals surface area contributed by atoms with E-state index in [2.05, 4.69) is 10.4 Å². The molecule has 0 radical (unpaired) electrons. The zero-order valence-electron chi connectivity index (χ0n) is 16.9. The molecule has 1 aromatic heterocycles. The van der Waals surface area contributed by atoms with Crippen LogP contribution < -0.4 is 5.32 Å². The van der Waals surface area contributed by atoms with Gasteiger partial charge in [-0.15, -0.1) is 0 Å². The van der Waals surface area contributed by atoms with Crippen molar-refractivity contribution in [2.24, 2.45) is 0 Å². The van der Waals surface area contributed by atoms with Gasteiger partial charge in [-0.05, 0) is 57.0 Å². The Morgan fingerprint density at radius 3 is 2.60 bits per heavy atom. The minimum atomic E-state index is -0.344. The van der Waals surface area contributed by atoms with E-state index in [-0.39, 0.29) is 23.9 Å². The minimum Gasteiger partial charge on any atom is -0.450 e. The molecule has 1 N–H and O–H groups in total. The average molecular weight is 435 g/mol. The van der Waals surface area contributed by atoms with Gasteiger partial charge in [0.25, 0.3) is 0 Å². The molecular formula is C21H24ClFN4O3. The molecule has 7 nitrogen and oxygen atoms in total. The van der Waals surface area contributed by atoms with Crippen molar-refractivity contribution in [3.8, 4) is 5.69 Å². The highest BCUT2D eigenvalue weighted by Gasteiger charge is 2.24. The van der Waals surface area contributed by atoms with E-state index >= 15 is 0 Å². The number of amides is 2. The summed E-state index contributed by atoms with van der Waals surface area (Å²) in [6, 6.07) is 5.82. The number of carbonyl (C=O) groups is 2. The van der Waals surface area contributed by atoms with Crippen LogP contribution in [0.4, 0.5) is 9.18 Å². The molecular weight excluding hydrogens is 411 g/mol. The van der Waals surface area contributed by atoms with Crippen molar-refractivity contribution in [3.63, 3.8) is 0 Å². The van der Waals surface area contributed by atoms with Crippen molar-refractivity contribution in [2.45, 2.75) is 32.7 Å². The summed E-state index contributed by atoms with van der Waals surface area (Å²) in [7, 11) is 0. The number of aromatic nitrogens is 2. The molecule has 3 rings (SSSR count). The molecule has 160 valence electrons. The number of nitrogens with one attached hydrogen (secondary N) is 1. The van der Waals surface area contributed by atoms with E-state index in [4.69, 9.17) is 16.3 Å². The second-order valence-corrected chi connectivity index (χ2v) is 7.34. The predicted octanol–water partition coefficient (Wildman–Crippen LogP) is 3.72. The fourth-order valence-electron chi connectivity index (χ4n) is 3.28. The summed E-state index contributed by atoms with van der Waals surface area (Å²) in [6.45, 7) is 4.99. The lowest BCUT2D eigenvalue weighted by Crippen LogP contribution is -2.46. The molecule has 0 aliphatic carbocycles. The van der Waals surface area contributed by atoms with E-state index in [1.54, 1.807) is 37.0 Å². The summed E-state index contributed by atoms with van der Waals surface area (Å²) in [5.74, 6) is -0.585. The maximum absolute atomic E-state index is 13.1. The number of rotatable bonds is 5. The fourth-order valence-corrected chi connectivity index (χ4v) is 3.62. The second-order valence-electron chi connectivity index (χ2n) is 6.98. The highest BCUT2D eigenvalue weighted by atomic mass is 35.5. The van der Waals surface area contributed by atoms with Gasteiger partial charge in [0.05, 0.1) is 18.0 Å². The van der Waals surface area contributed by atoms with Crippen LogP contribution >= 0.6 is 11.6 Å². The van der Waals surface area contributed by atoms with Crippen LogP contribution in [0.15, 0.2) is 30.3 Å². The Hall–Kier alpha value is -2.87. The normalized spacial score (nSPS) is 14.9. The van der Waals surface area contributed by atoms with Gasteiger partial charge in [-0.25, -0.2) is 13.9 Å². The number of hydrogen-bond acceptors (Lipinski definition) is 4. The number of ether oxygens (including phenoxy) is 1. The van der Waals surface area contributed by atoms with E-state index in [1.165, 1.54) is 22.9 Å². The van der Waals surface area contributed by atoms with Crippen LogP contribution in [0.25, 0.3) is 11.8 Å². The molecule has 1 fully saturated rings. The van der Waals surface area contributed by atoms with Crippen molar-refractivity contribution < 1.29 is 18.7 Å². The Morgan fingerprint density at radius 1 is 1.30 bits per heavy atom. The maximum atomic E-state index is 13.1. The van der Waals surface area contributed by atoms with Gasteiger partial charge in [-0.3, -0.25) is 4.79 Å². The molecule has 9 heteroatoms. The van der Waals surface area contributed by atoms with Gasteiger partial charge in [0, 0.05) is 30.8 Å². The topological polar surface area (TPSA) is 76.5 Å². The number of nitrogens with zero attached hydrogens (tertiary/aromatic N) is 3. The first-order valence-electron chi connectivity index (χ1n) is 9.80. The Kier molecular flexibility index (Phi) is 7.10. The van der Waals surface area contributed by atoms with Crippen LogP contribution in [0.2, 0.25) is 5.15 Å². The number of aryl methyl sites for hydroxylation is 1. The Morgan fingerprint density at radius 2 is 1.97 bits per heavy atom. The molecule has 1 aliphatic rings. The lowest BCUT2D eigenvalue weighted by Gasteiger charge is -2.31. The summed E-state index contributed by atoms with van der Waals surface area (Å²) in [6.07, 6.45) is 4.06. The fraction of sp³-hybridized carbons (Fsp3) is 0.381. The van der Waals surface area contributed by atoms with Gasteiger partial charge in [0.15, 0.2) is 0 Å². The highest BCUT2D eigenvalue weighted by molar-refractivity contribution is 6.31. The summed E-state index contributed by atoms with van der Waals surface area (Å²) in [5, 5.41) is 7.66. The van der Waals surface area contributed by atoms with Crippen LogP contribution in [0.3, 0.4) is 0 Å². The Balaban J connectivity index is 1.59. The third kappa shape index (κ3) is 5.18. The van der Waals surface area contributed by atoms with Gasteiger partial charge in [-0.1, -0.05) is 11.6 Å². The number of benzene rings is 1. The lowest BCUT2D eigenvalue weighted by molar-refractivity contribution is -0.117. The number of carbonyl (C=O) groups excluding carboxylic acids is 2. The molecule has 0 spiro atoms. The Bertz CT molecular complexity index is 934. The zero-order chi connectivity index (χ0) is 21.7. The van der Waals surface area contributed by atoms with Crippen molar-refractivity contribution in [2.75, 3.05) is 19.7 Å². The maximum Gasteiger partial charge on any atom is 0.409 e. The Labute approximate surface area is 179 Å². The molecule has 30 heavy (non-hydrogen) atoms. The number of halogens is 2. The van der Waals surface area contributed by atoms with E-state index in [9.17, 15) is 14.0 Å². The molecule has 1 saturated heterocycles. The lowest BCUT2D eigenvalue weighted by atomic mass is 10.1. The monoisotopic (exact) mass is 434 g/mol. The predicted molar refractivity (Wildman–Crippen MR) is 112 cm³/mol. The first-order valence-corrected chi connectivity index (χ1v) is 10.2. The van der Waals surface area contributed by atoms with E-state index in [0.29, 0.717) is 54.6 Å². The van der Waals surface area contributed by atoms with Crippen LogP contribution in [0.1, 0.15) is 31.0 Å². The highest BCUT2D eigenvalue weighted by Crippen LogP contribution is 2.25. The van der Waals surface area contributed by atoms with Gasteiger partial charge < -0.3 is 15.0 Å². The van der Waals surface area contributed by atoms with Crippen molar-refractivity contribution in [1.82, 2.24) is 20.0 Å². The van der Waals surface area contributed by atoms with Crippen LogP contribution in [0, 0.1) is 12.7 Å². The second kappa shape index (κ2) is 9.75. The largest absolute Gasteiger partial charge is 0.450 e. The van der Waals surface area contributed by atoms with Crippen LogP contribution in [-0.4, -0.2) is 52.4 Å². The van der Waals surface area contributed by atoms with E-state index in [0.717, 1.165) is 0 Å². The van der Waals surface area contributed by atoms with Gasteiger partial charge in [-0.2, -0.15) is 5.10 Å². The summed E-state index contributed by atoms with van der Waals surface area (Å²) in [4.78, 5) is 25.7. The average Bonchev–Trinajstić information content (AvgIpc) is 3.01. The number of piperidine rings is 1. The van der Waals surface area contributed by atoms with E-state index in [1.807, 2.05) is 0 Å². The van der Waals surface area contributed by atoms with Crippen molar-refractivity contribution >= 4 is 29.7 Å². The van der Waals surface area contributed by atoms with Gasteiger partial charge >= 0.3 is 6.09 Å². The van der Waals surface area contributed by atoms with Crippen LogP contribution in [0.5, 0.6) is 0 Å². The molecule has 1 aliphatic heterocycles. The van der Waals surface area contributed by atoms with Crippen molar-refractivity contribution in [1.29, 1.82) is 0 Å². The number of hydrogen-bond donors (Lipinski definition) is 1. The molecule has 0 bridgehead atoms. The molecule has 1 aromatic carbocycles. The SMILES string of the molecule is CCOC(=O)N1CCC(NC(=O)/C=C/c2c(C)nn(-c3ccc(F)cc3)c2Cl)CC1. The third-order valence-corrected chi connectivity index (χ3v) is 5.25. The summed E-state index contributed by atoms with van der Waals surface area (Å²) >= 11 is 6.43. The van der Waals surface area contributed by atoms with Gasteiger partial charge in [0.1, 0.15) is 11.0 Å².